The quantitative estimate of drug-likeness (QED) is 0.824. The number of rotatable bonds is 5. The first-order valence-electron chi connectivity index (χ1n) is 6.86. The number of carbonyl (C=O) groups excluding carboxylic acids is 2. The monoisotopic (exact) mass is 288 g/mol. The summed E-state index contributed by atoms with van der Waals surface area (Å²) in [6.45, 7) is 7.66. The second-order valence-electron chi connectivity index (χ2n) is 5.32. The van der Waals surface area contributed by atoms with E-state index >= 15 is 0 Å². The fourth-order valence-electron chi connectivity index (χ4n) is 2.56. The standard InChI is InChI=1S/C15H20N4O2/c1-9(7-19-6-5-16-8-19)17-15(21)14-10(2)13(12(4)20)11(3)18-14/h5-6,8-9,18H,7H2,1-4H3,(H,17,21). The summed E-state index contributed by atoms with van der Waals surface area (Å²) in [4.78, 5) is 30.9. The molecule has 2 heterocycles. The van der Waals surface area contributed by atoms with Crippen molar-refractivity contribution in [3.8, 4) is 0 Å². The molecule has 0 aliphatic heterocycles. The molecule has 2 rings (SSSR count). The van der Waals surface area contributed by atoms with Crippen LogP contribution in [-0.2, 0) is 6.54 Å². The van der Waals surface area contributed by atoms with Crippen LogP contribution in [0.4, 0.5) is 0 Å². The number of aromatic nitrogens is 3. The molecule has 0 saturated carbocycles. The minimum atomic E-state index is -0.198. The van der Waals surface area contributed by atoms with Crippen LogP contribution in [0.5, 0.6) is 0 Å². The van der Waals surface area contributed by atoms with Gasteiger partial charge in [0.1, 0.15) is 5.69 Å². The van der Waals surface area contributed by atoms with Crippen molar-refractivity contribution in [3.63, 3.8) is 0 Å². The molecule has 1 amide bonds. The Morgan fingerprint density at radius 1 is 1.43 bits per heavy atom. The molecule has 0 aromatic carbocycles. The van der Waals surface area contributed by atoms with E-state index in [4.69, 9.17) is 0 Å². The number of carbonyl (C=O) groups is 2. The lowest BCUT2D eigenvalue weighted by molar-refractivity contribution is 0.0931. The Morgan fingerprint density at radius 3 is 2.67 bits per heavy atom. The summed E-state index contributed by atoms with van der Waals surface area (Å²) < 4.78 is 1.90. The average Bonchev–Trinajstić information content (AvgIpc) is 2.97. The lowest BCUT2D eigenvalue weighted by Gasteiger charge is -2.14. The predicted molar refractivity (Wildman–Crippen MR) is 79.4 cm³/mol. The number of hydrogen-bond acceptors (Lipinski definition) is 3. The number of nitrogens with one attached hydrogen (secondary N) is 2. The van der Waals surface area contributed by atoms with Crippen LogP contribution in [0.2, 0.25) is 0 Å². The van der Waals surface area contributed by atoms with Gasteiger partial charge in [0.15, 0.2) is 5.78 Å². The first-order valence-corrected chi connectivity index (χ1v) is 6.86. The van der Waals surface area contributed by atoms with Gasteiger partial charge in [-0.1, -0.05) is 0 Å². The largest absolute Gasteiger partial charge is 0.354 e. The second-order valence-corrected chi connectivity index (χ2v) is 5.32. The highest BCUT2D eigenvalue weighted by molar-refractivity contribution is 6.02. The van der Waals surface area contributed by atoms with Crippen molar-refractivity contribution in [1.29, 1.82) is 0 Å². The number of ketones is 1. The van der Waals surface area contributed by atoms with Gasteiger partial charge in [-0.05, 0) is 33.3 Å². The van der Waals surface area contributed by atoms with E-state index in [0.29, 0.717) is 23.4 Å². The van der Waals surface area contributed by atoms with Gasteiger partial charge >= 0.3 is 0 Å². The molecule has 2 N–H and O–H groups in total. The van der Waals surface area contributed by atoms with Gasteiger partial charge in [-0.3, -0.25) is 9.59 Å². The van der Waals surface area contributed by atoms with E-state index in [-0.39, 0.29) is 17.7 Å². The Morgan fingerprint density at radius 2 is 2.14 bits per heavy atom. The zero-order valence-electron chi connectivity index (χ0n) is 12.7. The van der Waals surface area contributed by atoms with Crippen LogP contribution in [0.1, 0.15) is 46.0 Å². The van der Waals surface area contributed by atoms with Crippen LogP contribution in [0, 0.1) is 13.8 Å². The van der Waals surface area contributed by atoms with Crippen LogP contribution in [-0.4, -0.2) is 32.3 Å². The van der Waals surface area contributed by atoms with E-state index in [1.807, 2.05) is 17.7 Å². The van der Waals surface area contributed by atoms with Crippen molar-refractivity contribution < 1.29 is 9.59 Å². The van der Waals surface area contributed by atoms with Gasteiger partial charge in [-0.15, -0.1) is 0 Å². The number of aromatic amines is 1. The van der Waals surface area contributed by atoms with Gasteiger partial charge in [0.05, 0.1) is 6.33 Å². The molecule has 0 spiro atoms. The lowest BCUT2D eigenvalue weighted by atomic mass is 10.1. The molecule has 6 heteroatoms. The highest BCUT2D eigenvalue weighted by Crippen LogP contribution is 2.18. The van der Waals surface area contributed by atoms with Gasteiger partial charge in [0.25, 0.3) is 5.91 Å². The van der Waals surface area contributed by atoms with Gasteiger partial charge in [0.2, 0.25) is 0 Å². The zero-order chi connectivity index (χ0) is 15.6. The van der Waals surface area contributed by atoms with Crippen molar-refractivity contribution >= 4 is 11.7 Å². The summed E-state index contributed by atoms with van der Waals surface area (Å²) in [7, 11) is 0. The lowest BCUT2D eigenvalue weighted by Crippen LogP contribution is -2.36. The minimum Gasteiger partial charge on any atom is -0.354 e. The molecule has 1 unspecified atom stereocenters. The maximum Gasteiger partial charge on any atom is 0.268 e. The van der Waals surface area contributed by atoms with Crippen LogP contribution in [0.3, 0.4) is 0 Å². The number of Topliss-reactive ketones (excluding diaryl/α,β-unsaturated/α-hetero) is 1. The Balaban J connectivity index is 2.10. The second kappa shape index (κ2) is 5.95. The topological polar surface area (TPSA) is 79.8 Å². The van der Waals surface area contributed by atoms with Crippen LogP contribution < -0.4 is 5.32 Å². The smallest absolute Gasteiger partial charge is 0.268 e. The molecular formula is C15H20N4O2. The summed E-state index contributed by atoms with van der Waals surface area (Å²) in [6.07, 6.45) is 5.26. The minimum absolute atomic E-state index is 0.0354. The highest BCUT2D eigenvalue weighted by atomic mass is 16.2. The molecule has 0 bridgehead atoms. The zero-order valence-corrected chi connectivity index (χ0v) is 12.7. The third-order valence-corrected chi connectivity index (χ3v) is 3.44. The molecule has 0 fully saturated rings. The molecule has 6 nitrogen and oxygen atoms in total. The molecule has 21 heavy (non-hydrogen) atoms. The Hall–Kier alpha value is -2.37. The SMILES string of the molecule is CC(=O)c1c(C)[nH]c(C(=O)NC(C)Cn2ccnc2)c1C. The summed E-state index contributed by atoms with van der Waals surface area (Å²) in [6, 6.07) is -0.0458. The fourth-order valence-corrected chi connectivity index (χ4v) is 2.56. The number of imidazole rings is 1. The van der Waals surface area contributed by atoms with Crippen molar-refractivity contribution in [3.05, 3.63) is 41.2 Å². The van der Waals surface area contributed by atoms with E-state index in [1.54, 1.807) is 26.4 Å². The molecule has 0 radical (unpaired) electrons. The molecule has 1 atom stereocenters. The molecular weight excluding hydrogens is 268 g/mol. The maximum absolute atomic E-state index is 12.3. The van der Waals surface area contributed by atoms with Crippen molar-refractivity contribution in [2.45, 2.75) is 40.3 Å². The number of hydrogen-bond donors (Lipinski definition) is 2. The van der Waals surface area contributed by atoms with Crippen LogP contribution in [0.15, 0.2) is 18.7 Å². The third kappa shape index (κ3) is 3.21. The van der Waals surface area contributed by atoms with Gasteiger partial charge in [0, 0.05) is 36.2 Å². The first kappa shape index (κ1) is 15.0. The van der Waals surface area contributed by atoms with E-state index < -0.39 is 0 Å². The van der Waals surface area contributed by atoms with Crippen molar-refractivity contribution in [2.24, 2.45) is 0 Å². The molecule has 0 saturated heterocycles. The summed E-state index contributed by atoms with van der Waals surface area (Å²) >= 11 is 0. The van der Waals surface area contributed by atoms with Crippen molar-refractivity contribution in [1.82, 2.24) is 19.9 Å². The van der Waals surface area contributed by atoms with Crippen LogP contribution >= 0.6 is 0 Å². The van der Waals surface area contributed by atoms with Crippen LogP contribution in [0.25, 0.3) is 0 Å². The number of amides is 1. The van der Waals surface area contributed by atoms with Gasteiger partial charge in [-0.2, -0.15) is 0 Å². The van der Waals surface area contributed by atoms with Gasteiger partial charge in [-0.25, -0.2) is 4.98 Å². The summed E-state index contributed by atoms with van der Waals surface area (Å²) in [5.41, 5.74) is 2.48. The Kier molecular flexibility index (Phi) is 4.26. The molecule has 2 aromatic rings. The fraction of sp³-hybridized carbons (Fsp3) is 0.400. The van der Waals surface area contributed by atoms with E-state index in [9.17, 15) is 9.59 Å². The summed E-state index contributed by atoms with van der Waals surface area (Å²) in [5.74, 6) is -0.234. The number of aryl methyl sites for hydroxylation is 1. The maximum atomic E-state index is 12.3. The Labute approximate surface area is 123 Å². The van der Waals surface area contributed by atoms with Crippen molar-refractivity contribution in [2.75, 3.05) is 0 Å². The molecule has 0 aliphatic rings. The van der Waals surface area contributed by atoms with Gasteiger partial charge < -0.3 is 14.9 Å². The Bertz CT molecular complexity index is 656. The first-order chi connectivity index (χ1) is 9.90. The molecule has 2 aromatic heterocycles. The highest BCUT2D eigenvalue weighted by Gasteiger charge is 2.20. The molecule has 112 valence electrons. The van der Waals surface area contributed by atoms with E-state index in [1.165, 1.54) is 6.92 Å². The normalized spacial score (nSPS) is 12.2. The summed E-state index contributed by atoms with van der Waals surface area (Å²) in [5, 5.41) is 2.92. The predicted octanol–water partition coefficient (Wildman–Crippen LogP) is 1.85. The number of nitrogens with zero attached hydrogens (tertiary/aromatic N) is 2. The van der Waals surface area contributed by atoms with E-state index in [0.717, 1.165) is 5.69 Å². The average molecular weight is 288 g/mol. The third-order valence-electron chi connectivity index (χ3n) is 3.44. The molecule has 0 aliphatic carbocycles. The van der Waals surface area contributed by atoms with E-state index in [2.05, 4.69) is 15.3 Å². The number of H-pyrrole nitrogens is 1.